The van der Waals surface area contributed by atoms with Crippen LogP contribution < -0.4 is 0 Å². The van der Waals surface area contributed by atoms with Gasteiger partial charge in [-0.25, -0.2) is 0 Å². The van der Waals surface area contributed by atoms with Gasteiger partial charge in [-0.2, -0.15) is 0 Å². The van der Waals surface area contributed by atoms with E-state index in [0.29, 0.717) is 5.78 Å². The Morgan fingerprint density at radius 1 is 0.542 bits per heavy atom. The molecule has 0 radical (unpaired) electrons. The van der Waals surface area contributed by atoms with Crippen LogP contribution in [0, 0.1) is 0 Å². The van der Waals surface area contributed by atoms with Crippen molar-refractivity contribution in [3.05, 3.63) is 12.2 Å². The second-order valence-electron chi connectivity index (χ2n) is 7.33. The fourth-order valence-corrected chi connectivity index (χ4v) is 3.10. The first-order valence-corrected chi connectivity index (χ1v) is 11.0. The van der Waals surface area contributed by atoms with Gasteiger partial charge in [-0.3, -0.25) is 4.79 Å². The zero-order chi connectivity index (χ0) is 17.7. The molecule has 1 heteroatoms. The smallest absolute Gasteiger partial charge is 0.132 e. The monoisotopic (exact) mass is 336 g/mol. The Kier molecular flexibility index (Phi) is 20.0. The lowest BCUT2D eigenvalue weighted by Crippen LogP contribution is -1.97. The third-order valence-corrected chi connectivity index (χ3v) is 4.78. The number of allylic oxidation sites excluding steroid dienone is 2. The molecule has 0 aromatic rings. The highest BCUT2D eigenvalue weighted by atomic mass is 16.1. The van der Waals surface area contributed by atoms with Crippen LogP contribution in [0.25, 0.3) is 0 Å². The number of ketones is 1. The third kappa shape index (κ3) is 19.5. The zero-order valence-electron chi connectivity index (χ0n) is 16.8. The highest BCUT2D eigenvalue weighted by Gasteiger charge is 2.01. The molecule has 0 spiro atoms. The largest absolute Gasteiger partial charge is 0.300 e. The van der Waals surface area contributed by atoms with Crippen molar-refractivity contribution in [1.82, 2.24) is 0 Å². The van der Waals surface area contributed by atoms with E-state index in [2.05, 4.69) is 26.0 Å². The Balaban J connectivity index is 3.23. The predicted molar refractivity (Wildman–Crippen MR) is 109 cm³/mol. The normalized spacial score (nSPS) is 11.4. The number of carbonyl (C=O) groups is 1. The molecule has 0 amide bonds. The maximum Gasteiger partial charge on any atom is 0.132 e. The fourth-order valence-electron chi connectivity index (χ4n) is 3.10. The number of rotatable bonds is 19. The molecule has 0 N–H and O–H groups in total. The van der Waals surface area contributed by atoms with Gasteiger partial charge in [-0.15, -0.1) is 0 Å². The summed E-state index contributed by atoms with van der Waals surface area (Å²) in [5.41, 5.74) is 0. The first-order chi connectivity index (χ1) is 11.8. The third-order valence-electron chi connectivity index (χ3n) is 4.78. The quantitative estimate of drug-likeness (QED) is 0.172. The summed E-state index contributed by atoms with van der Waals surface area (Å²) in [6.45, 7) is 4.52. The molecular weight excluding hydrogens is 292 g/mol. The van der Waals surface area contributed by atoms with Crippen molar-refractivity contribution in [3.63, 3.8) is 0 Å². The highest BCUT2D eigenvalue weighted by molar-refractivity contribution is 5.78. The molecule has 0 aliphatic rings. The molecule has 142 valence electrons. The zero-order valence-corrected chi connectivity index (χ0v) is 16.8. The van der Waals surface area contributed by atoms with Gasteiger partial charge in [0.1, 0.15) is 5.78 Å². The van der Waals surface area contributed by atoms with Crippen molar-refractivity contribution >= 4 is 5.78 Å². The van der Waals surface area contributed by atoms with E-state index in [-0.39, 0.29) is 0 Å². The Morgan fingerprint density at radius 2 is 0.958 bits per heavy atom. The number of hydrogen-bond donors (Lipinski definition) is 0. The van der Waals surface area contributed by atoms with Gasteiger partial charge in [0, 0.05) is 12.8 Å². The van der Waals surface area contributed by atoms with Crippen LogP contribution in [0.1, 0.15) is 129 Å². The van der Waals surface area contributed by atoms with Crippen LogP contribution in [0.5, 0.6) is 0 Å². The molecule has 0 aliphatic carbocycles. The summed E-state index contributed by atoms with van der Waals surface area (Å²) in [5.74, 6) is 0.480. The first-order valence-electron chi connectivity index (χ1n) is 11.0. The number of Topliss-reactive ketones (excluding diaryl/α,β-unsaturated/α-hetero) is 1. The topological polar surface area (TPSA) is 17.1 Å². The Bertz CT molecular complexity index is 280. The molecule has 0 aliphatic heterocycles. The summed E-state index contributed by atoms with van der Waals surface area (Å²) in [4.78, 5) is 11.8. The van der Waals surface area contributed by atoms with Gasteiger partial charge in [0.25, 0.3) is 0 Å². The summed E-state index contributed by atoms with van der Waals surface area (Å²) >= 11 is 0. The average Bonchev–Trinajstić information content (AvgIpc) is 2.59. The molecule has 0 atom stereocenters. The van der Waals surface area contributed by atoms with Crippen LogP contribution in [-0.4, -0.2) is 5.78 Å². The van der Waals surface area contributed by atoms with Crippen molar-refractivity contribution in [3.8, 4) is 0 Å². The van der Waals surface area contributed by atoms with Crippen molar-refractivity contribution in [1.29, 1.82) is 0 Å². The van der Waals surface area contributed by atoms with Crippen molar-refractivity contribution in [2.75, 3.05) is 0 Å². The minimum atomic E-state index is 0.480. The molecule has 24 heavy (non-hydrogen) atoms. The average molecular weight is 337 g/mol. The second-order valence-corrected chi connectivity index (χ2v) is 7.33. The van der Waals surface area contributed by atoms with Crippen LogP contribution >= 0.6 is 0 Å². The van der Waals surface area contributed by atoms with Gasteiger partial charge in [0.15, 0.2) is 0 Å². The summed E-state index contributed by atoms with van der Waals surface area (Å²) in [7, 11) is 0. The molecule has 0 aromatic heterocycles. The SMILES string of the molecule is CCCCCCCC/C=C\CCCC(=O)CCCCCCCCC. The minimum absolute atomic E-state index is 0.480. The Hall–Kier alpha value is -0.590. The van der Waals surface area contributed by atoms with E-state index in [1.807, 2.05) is 0 Å². The van der Waals surface area contributed by atoms with Crippen molar-refractivity contribution in [2.24, 2.45) is 0 Å². The number of carbonyl (C=O) groups excluding carboxylic acids is 1. The molecule has 0 bridgehead atoms. The van der Waals surface area contributed by atoms with Crippen LogP contribution in [0.4, 0.5) is 0 Å². The van der Waals surface area contributed by atoms with Gasteiger partial charge in [-0.05, 0) is 32.1 Å². The van der Waals surface area contributed by atoms with Gasteiger partial charge in [0.05, 0.1) is 0 Å². The van der Waals surface area contributed by atoms with E-state index in [9.17, 15) is 4.79 Å². The lowest BCUT2D eigenvalue weighted by molar-refractivity contribution is -0.119. The van der Waals surface area contributed by atoms with E-state index in [4.69, 9.17) is 0 Å². The Morgan fingerprint density at radius 3 is 1.54 bits per heavy atom. The molecule has 0 saturated heterocycles. The van der Waals surface area contributed by atoms with Gasteiger partial charge in [0.2, 0.25) is 0 Å². The van der Waals surface area contributed by atoms with E-state index < -0.39 is 0 Å². The van der Waals surface area contributed by atoms with Crippen LogP contribution in [0.3, 0.4) is 0 Å². The number of hydrogen-bond acceptors (Lipinski definition) is 1. The molecular formula is C23H44O. The lowest BCUT2D eigenvalue weighted by Gasteiger charge is -2.01. The van der Waals surface area contributed by atoms with E-state index in [0.717, 1.165) is 32.1 Å². The second kappa shape index (κ2) is 20.5. The molecule has 0 saturated carbocycles. The molecule has 0 fully saturated rings. The van der Waals surface area contributed by atoms with Crippen LogP contribution in [0.2, 0.25) is 0 Å². The van der Waals surface area contributed by atoms with Crippen LogP contribution in [0.15, 0.2) is 12.2 Å². The number of unbranched alkanes of at least 4 members (excludes halogenated alkanes) is 13. The Labute approximate surface area is 152 Å². The van der Waals surface area contributed by atoms with E-state index >= 15 is 0 Å². The summed E-state index contributed by atoms with van der Waals surface area (Å²) < 4.78 is 0. The van der Waals surface area contributed by atoms with E-state index in [1.165, 1.54) is 83.5 Å². The fraction of sp³-hybridized carbons (Fsp3) is 0.870. The van der Waals surface area contributed by atoms with Crippen LogP contribution in [-0.2, 0) is 4.79 Å². The summed E-state index contributed by atoms with van der Waals surface area (Å²) in [6.07, 6.45) is 26.9. The van der Waals surface area contributed by atoms with Crippen molar-refractivity contribution < 1.29 is 4.79 Å². The van der Waals surface area contributed by atoms with Gasteiger partial charge in [-0.1, -0.05) is 96.6 Å². The molecule has 0 aromatic carbocycles. The van der Waals surface area contributed by atoms with Gasteiger partial charge >= 0.3 is 0 Å². The highest BCUT2D eigenvalue weighted by Crippen LogP contribution is 2.11. The maximum atomic E-state index is 11.8. The maximum absolute atomic E-state index is 11.8. The summed E-state index contributed by atoms with van der Waals surface area (Å²) in [6, 6.07) is 0. The van der Waals surface area contributed by atoms with Gasteiger partial charge < -0.3 is 0 Å². The molecule has 1 nitrogen and oxygen atoms in total. The van der Waals surface area contributed by atoms with E-state index in [1.54, 1.807) is 0 Å². The first kappa shape index (κ1) is 23.4. The standard InChI is InChI=1S/C23H44O/c1-3-5-7-9-11-12-13-14-16-18-20-22-23(24)21-19-17-15-10-8-6-4-2/h14,16H,3-13,15,17-22H2,1-2H3/b16-14-. The predicted octanol–water partition coefficient (Wildman–Crippen LogP) is 8.17. The summed E-state index contributed by atoms with van der Waals surface area (Å²) in [5, 5.41) is 0. The molecule has 0 unspecified atom stereocenters. The minimum Gasteiger partial charge on any atom is -0.300 e. The lowest BCUT2D eigenvalue weighted by atomic mass is 10.0. The molecule has 0 heterocycles. The van der Waals surface area contributed by atoms with Crippen molar-refractivity contribution in [2.45, 2.75) is 129 Å². The molecule has 0 rings (SSSR count).